The molecule has 0 bridgehead atoms. The van der Waals surface area contributed by atoms with Gasteiger partial charge in [-0.25, -0.2) is 0 Å². The molecule has 0 spiro atoms. The van der Waals surface area contributed by atoms with Gasteiger partial charge in [-0.05, 0) is 12.5 Å². The maximum atomic E-state index is 5.89. The number of nitrogens with zero attached hydrogens (tertiary/aromatic N) is 1. The van der Waals surface area contributed by atoms with Crippen molar-refractivity contribution >= 4 is 5.69 Å². The Hall–Kier alpha value is -1.09. The lowest BCUT2D eigenvalue weighted by molar-refractivity contribution is 0.638. The summed E-state index contributed by atoms with van der Waals surface area (Å²) >= 11 is 0. The van der Waals surface area contributed by atoms with E-state index in [2.05, 4.69) is 11.9 Å². The second-order valence-corrected chi connectivity index (χ2v) is 2.90. The summed E-state index contributed by atoms with van der Waals surface area (Å²) < 4.78 is 0. The van der Waals surface area contributed by atoms with Crippen LogP contribution in [0.2, 0.25) is 0 Å². The van der Waals surface area contributed by atoms with Gasteiger partial charge in [-0.2, -0.15) is 0 Å². The predicted octanol–water partition coefficient (Wildman–Crippen LogP) is 1.46. The van der Waals surface area contributed by atoms with Gasteiger partial charge >= 0.3 is 0 Å². The zero-order valence-electron chi connectivity index (χ0n) is 7.33. The summed E-state index contributed by atoms with van der Waals surface area (Å²) in [6, 6.07) is 1.81. The van der Waals surface area contributed by atoms with Gasteiger partial charge in [0.15, 0.2) is 0 Å². The van der Waals surface area contributed by atoms with E-state index in [-0.39, 0.29) is 6.04 Å². The second-order valence-electron chi connectivity index (χ2n) is 2.90. The van der Waals surface area contributed by atoms with Crippen LogP contribution in [0.4, 0.5) is 5.69 Å². The molecule has 0 amide bonds. The van der Waals surface area contributed by atoms with Crippen molar-refractivity contribution in [3.63, 3.8) is 0 Å². The van der Waals surface area contributed by atoms with Crippen LogP contribution in [0.25, 0.3) is 0 Å². The number of rotatable bonds is 3. The Morgan fingerprint density at radius 3 is 2.92 bits per heavy atom. The third-order valence-corrected chi connectivity index (χ3v) is 1.89. The van der Waals surface area contributed by atoms with Gasteiger partial charge in [0.05, 0.1) is 0 Å². The fourth-order valence-electron chi connectivity index (χ4n) is 1.19. The van der Waals surface area contributed by atoms with Crippen LogP contribution < -0.4 is 11.5 Å². The Morgan fingerprint density at radius 1 is 1.58 bits per heavy atom. The molecular formula is C9H15N3. The molecule has 1 heterocycles. The topological polar surface area (TPSA) is 64.9 Å². The Balaban J connectivity index is 2.79. The number of aromatic nitrogens is 1. The summed E-state index contributed by atoms with van der Waals surface area (Å²) in [6.45, 7) is 2.10. The van der Waals surface area contributed by atoms with E-state index in [0.29, 0.717) is 0 Å². The molecule has 1 rings (SSSR count). The summed E-state index contributed by atoms with van der Waals surface area (Å²) in [7, 11) is 0. The normalized spacial score (nSPS) is 12.8. The first-order valence-electron chi connectivity index (χ1n) is 4.20. The van der Waals surface area contributed by atoms with Gasteiger partial charge in [0, 0.05) is 29.7 Å². The highest BCUT2D eigenvalue weighted by molar-refractivity contribution is 5.45. The first-order valence-corrected chi connectivity index (χ1v) is 4.20. The summed E-state index contributed by atoms with van der Waals surface area (Å²) in [5, 5.41) is 0. The number of nitrogens with two attached hydrogens (primary N) is 2. The third kappa shape index (κ3) is 1.95. The molecule has 0 radical (unpaired) electrons. The first-order chi connectivity index (χ1) is 5.75. The first kappa shape index (κ1) is 9.00. The third-order valence-electron chi connectivity index (χ3n) is 1.89. The highest BCUT2D eigenvalue weighted by atomic mass is 14.7. The van der Waals surface area contributed by atoms with Crippen LogP contribution in [-0.2, 0) is 0 Å². The average molecular weight is 165 g/mol. The Morgan fingerprint density at radius 2 is 2.33 bits per heavy atom. The molecule has 4 N–H and O–H groups in total. The zero-order chi connectivity index (χ0) is 8.97. The van der Waals surface area contributed by atoms with Gasteiger partial charge in [-0.3, -0.25) is 4.98 Å². The van der Waals surface area contributed by atoms with Crippen LogP contribution in [-0.4, -0.2) is 4.98 Å². The van der Waals surface area contributed by atoms with Crippen LogP contribution in [0.3, 0.4) is 0 Å². The Bertz CT molecular complexity index is 247. The highest BCUT2D eigenvalue weighted by Crippen LogP contribution is 2.20. The highest BCUT2D eigenvalue weighted by Gasteiger charge is 2.07. The molecule has 0 saturated heterocycles. The van der Waals surface area contributed by atoms with E-state index in [0.717, 1.165) is 24.1 Å². The number of anilines is 1. The smallest absolute Gasteiger partial charge is 0.0393 e. The molecule has 0 unspecified atom stereocenters. The van der Waals surface area contributed by atoms with Crippen molar-refractivity contribution < 1.29 is 0 Å². The molecule has 12 heavy (non-hydrogen) atoms. The van der Waals surface area contributed by atoms with Gasteiger partial charge in [-0.1, -0.05) is 13.3 Å². The van der Waals surface area contributed by atoms with E-state index in [9.17, 15) is 0 Å². The molecule has 1 atom stereocenters. The van der Waals surface area contributed by atoms with E-state index < -0.39 is 0 Å². The molecule has 0 aliphatic rings. The zero-order valence-corrected chi connectivity index (χ0v) is 7.33. The minimum atomic E-state index is 0.0312. The maximum Gasteiger partial charge on any atom is 0.0393 e. The van der Waals surface area contributed by atoms with E-state index in [4.69, 9.17) is 11.5 Å². The van der Waals surface area contributed by atoms with Crippen LogP contribution >= 0.6 is 0 Å². The van der Waals surface area contributed by atoms with Gasteiger partial charge < -0.3 is 11.5 Å². The molecule has 3 heteroatoms. The van der Waals surface area contributed by atoms with E-state index >= 15 is 0 Å². The molecule has 0 aliphatic heterocycles. The van der Waals surface area contributed by atoms with Gasteiger partial charge in [0.2, 0.25) is 0 Å². The lowest BCUT2D eigenvalue weighted by Gasteiger charge is -2.11. The SMILES string of the molecule is CCC[C@H](N)c1cnccc1N. The van der Waals surface area contributed by atoms with Crippen LogP contribution in [0.1, 0.15) is 31.4 Å². The minimum absolute atomic E-state index is 0.0312. The molecule has 1 aromatic heterocycles. The van der Waals surface area contributed by atoms with E-state index in [1.807, 2.05) is 0 Å². The maximum absolute atomic E-state index is 5.89. The van der Waals surface area contributed by atoms with Gasteiger partial charge in [0.1, 0.15) is 0 Å². The molecule has 1 aromatic rings. The molecule has 66 valence electrons. The molecule has 0 aromatic carbocycles. The average Bonchev–Trinajstić information content (AvgIpc) is 2.05. The summed E-state index contributed by atoms with van der Waals surface area (Å²) in [5.41, 5.74) is 13.3. The molecule has 3 nitrogen and oxygen atoms in total. The molecule has 0 aliphatic carbocycles. The van der Waals surface area contributed by atoms with Gasteiger partial charge in [0.25, 0.3) is 0 Å². The number of hydrogen-bond donors (Lipinski definition) is 2. The Kier molecular flexibility index (Phi) is 3.05. The van der Waals surface area contributed by atoms with Gasteiger partial charge in [-0.15, -0.1) is 0 Å². The van der Waals surface area contributed by atoms with Crippen LogP contribution in [0.15, 0.2) is 18.5 Å². The molecular weight excluding hydrogens is 150 g/mol. The summed E-state index contributed by atoms with van der Waals surface area (Å²) in [5.74, 6) is 0. The van der Waals surface area contributed by atoms with Crippen molar-refractivity contribution in [1.29, 1.82) is 0 Å². The van der Waals surface area contributed by atoms with Crippen LogP contribution in [0.5, 0.6) is 0 Å². The fourth-order valence-corrected chi connectivity index (χ4v) is 1.19. The molecule has 0 fully saturated rings. The van der Waals surface area contributed by atoms with E-state index in [1.165, 1.54) is 0 Å². The quantitative estimate of drug-likeness (QED) is 0.712. The lowest BCUT2D eigenvalue weighted by Crippen LogP contribution is -2.12. The van der Waals surface area contributed by atoms with Crippen molar-refractivity contribution in [3.05, 3.63) is 24.0 Å². The second kappa shape index (κ2) is 4.07. The number of pyridine rings is 1. The lowest BCUT2D eigenvalue weighted by atomic mass is 10.0. The van der Waals surface area contributed by atoms with Crippen molar-refractivity contribution in [2.24, 2.45) is 5.73 Å². The fraction of sp³-hybridized carbons (Fsp3) is 0.444. The van der Waals surface area contributed by atoms with Crippen LogP contribution in [0, 0.1) is 0 Å². The number of nitrogen functional groups attached to an aromatic ring is 1. The minimum Gasteiger partial charge on any atom is -0.398 e. The summed E-state index contributed by atoms with van der Waals surface area (Å²) in [4.78, 5) is 3.99. The van der Waals surface area contributed by atoms with Crippen molar-refractivity contribution in [1.82, 2.24) is 4.98 Å². The van der Waals surface area contributed by atoms with E-state index in [1.54, 1.807) is 18.5 Å². The van der Waals surface area contributed by atoms with Crippen molar-refractivity contribution in [2.45, 2.75) is 25.8 Å². The largest absolute Gasteiger partial charge is 0.398 e. The monoisotopic (exact) mass is 165 g/mol. The molecule has 0 saturated carbocycles. The van der Waals surface area contributed by atoms with Crippen molar-refractivity contribution in [3.8, 4) is 0 Å². The Labute approximate surface area is 72.8 Å². The standard InChI is InChI=1S/C9H15N3/c1-2-3-8(10)7-6-12-5-4-9(7)11/h4-6,8H,2-3,10H2,1H3,(H2,11,12)/t8-/m0/s1. The van der Waals surface area contributed by atoms with Crippen molar-refractivity contribution in [2.75, 3.05) is 5.73 Å². The summed E-state index contributed by atoms with van der Waals surface area (Å²) in [6.07, 6.45) is 5.44. The number of hydrogen-bond acceptors (Lipinski definition) is 3. The predicted molar refractivity (Wildman–Crippen MR) is 50.5 cm³/mol.